The Bertz CT molecular complexity index is 421. The molecule has 2 nitrogen and oxygen atoms in total. The minimum absolute atomic E-state index is 0.633. The first-order valence-corrected chi connectivity index (χ1v) is 8.57. The Balaban J connectivity index is 1.89. The molecule has 1 N–H and O–H groups in total. The van der Waals surface area contributed by atoms with Gasteiger partial charge in [-0.25, -0.2) is 0 Å². The molecule has 0 saturated heterocycles. The first kappa shape index (κ1) is 16.5. The van der Waals surface area contributed by atoms with Gasteiger partial charge in [-0.05, 0) is 56.2 Å². The zero-order chi connectivity index (χ0) is 15.2. The smallest absolute Gasteiger partial charge is 0.0236 e. The minimum Gasteiger partial charge on any atom is -0.312 e. The summed E-state index contributed by atoms with van der Waals surface area (Å²) < 4.78 is 0. The molecule has 0 aliphatic heterocycles. The summed E-state index contributed by atoms with van der Waals surface area (Å²) in [5.74, 6) is 1.67. The number of nitrogens with one attached hydrogen (secondary N) is 1. The first-order chi connectivity index (χ1) is 10.0. The molecule has 1 aliphatic carbocycles. The van der Waals surface area contributed by atoms with Crippen molar-refractivity contribution in [2.75, 3.05) is 13.1 Å². The van der Waals surface area contributed by atoms with E-state index in [9.17, 15) is 0 Å². The van der Waals surface area contributed by atoms with Gasteiger partial charge >= 0.3 is 0 Å². The molecule has 1 aliphatic rings. The summed E-state index contributed by atoms with van der Waals surface area (Å²) >= 11 is 0. The molecule has 21 heavy (non-hydrogen) atoms. The normalized spacial score (nSPS) is 15.4. The highest BCUT2D eigenvalue weighted by atomic mass is 15.1. The molecule has 0 spiro atoms. The van der Waals surface area contributed by atoms with Crippen LogP contribution in [0.15, 0.2) is 24.3 Å². The van der Waals surface area contributed by atoms with Crippen LogP contribution in [0.4, 0.5) is 0 Å². The Labute approximate surface area is 130 Å². The maximum absolute atomic E-state index is 3.53. The lowest BCUT2D eigenvalue weighted by Gasteiger charge is -2.26. The maximum atomic E-state index is 3.53. The van der Waals surface area contributed by atoms with E-state index in [0.29, 0.717) is 12.0 Å². The SMILES string of the molecule is CC(C)CNCc1cccc(CN(CC2CC2)C(C)C)c1. The number of hydrogen-bond acceptors (Lipinski definition) is 2. The molecule has 2 rings (SSSR count). The highest BCUT2D eigenvalue weighted by molar-refractivity contribution is 5.23. The standard InChI is InChI=1S/C19H32N2/c1-15(2)11-20-12-18-6-5-7-19(10-18)14-21(16(3)4)13-17-8-9-17/h5-7,10,15-17,20H,8-9,11-14H2,1-4H3. The molecule has 1 fully saturated rings. The van der Waals surface area contributed by atoms with Crippen molar-refractivity contribution in [1.82, 2.24) is 10.2 Å². The molecular formula is C19H32N2. The summed E-state index contributed by atoms with van der Waals surface area (Å²) in [5.41, 5.74) is 2.86. The fourth-order valence-electron chi connectivity index (χ4n) is 2.67. The van der Waals surface area contributed by atoms with E-state index in [1.807, 2.05) is 0 Å². The topological polar surface area (TPSA) is 15.3 Å². The van der Waals surface area contributed by atoms with Crippen molar-refractivity contribution >= 4 is 0 Å². The van der Waals surface area contributed by atoms with Crippen LogP contribution in [0.25, 0.3) is 0 Å². The van der Waals surface area contributed by atoms with E-state index >= 15 is 0 Å². The van der Waals surface area contributed by atoms with E-state index in [2.05, 4.69) is 62.2 Å². The number of benzene rings is 1. The summed E-state index contributed by atoms with van der Waals surface area (Å²) in [4.78, 5) is 2.62. The number of hydrogen-bond donors (Lipinski definition) is 1. The molecule has 0 amide bonds. The maximum Gasteiger partial charge on any atom is 0.0236 e. The Morgan fingerprint density at radius 2 is 1.86 bits per heavy atom. The van der Waals surface area contributed by atoms with E-state index in [1.165, 1.54) is 30.5 Å². The molecule has 0 heterocycles. The van der Waals surface area contributed by atoms with Crippen LogP contribution in [0.5, 0.6) is 0 Å². The Morgan fingerprint density at radius 3 is 2.48 bits per heavy atom. The van der Waals surface area contributed by atoms with E-state index in [4.69, 9.17) is 0 Å². The van der Waals surface area contributed by atoms with Crippen molar-refractivity contribution in [3.8, 4) is 0 Å². The third-order valence-electron chi connectivity index (χ3n) is 4.18. The highest BCUT2D eigenvalue weighted by Gasteiger charge is 2.25. The average Bonchev–Trinajstić information content (AvgIpc) is 3.22. The minimum atomic E-state index is 0.633. The molecule has 118 valence electrons. The van der Waals surface area contributed by atoms with E-state index in [-0.39, 0.29) is 0 Å². The molecule has 0 unspecified atom stereocenters. The van der Waals surface area contributed by atoms with Gasteiger partial charge in [-0.2, -0.15) is 0 Å². The van der Waals surface area contributed by atoms with Crippen LogP contribution in [0.3, 0.4) is 0 Å². The van der Waals surface area contributed by atoms with Crippen molar-refractivity contribution in [1.29, 1.82) is 0 Å². The lowest BCUT2D eigenvalue weighted by atomic mass is 10.1. The van der Waals surface area contributed by atoms with Crippen LogP contribution in [0, 0.1) is 11.8 Å². The van der Waals surface area contributed by atoms with Gasteiger partial charge in [-0.3, -0.25) is 4.90 Å². The van der Waals surface area contributed by atoms with Gasteiger partial charge in [-0.15, -0.1) is 0 Å². The van der Waals surface area contributed by atoms with E-state index in [0.717, 1.165) is 25.6 Å². The van der Waals surface area contributed by atoms with Gasteiger partial charge in [-0.1, -0.05) is 38.1 Å². The van der Waals surface area contributed by atoms with Crippen molar-refractivity contribution in [3.05, 3.63) is 35.4 Å². The average molecular weight is 288 g/mol. The zero-order valence-electron chi connectivity index (χ0n) is 14.2. The summed E-state index contributed by atoms with van der Waals surface area (Å²) in [7, 11) is 0. The molecule has 0 atom stereocenters. The van der Waals surface area contributed by atoms with Gasteiger partial charge in [0.15, 0.2) is 0 Å². The second-order valence-electron chi connectivity index (χ2n) is 7.31. The fourth-order valence-corrected chi connectivity index (χ4v) is 2.67. The quantitative estimate of drug-likeness (QED) is 0.737. The van der Waals surface area contributed by atoms with Gasteiger partial charge in [0, 0.05) is 25.7 Å². The zero-order valence-corrected chi connectivity index (χ0v) is 14.2. The van der Waals surface area contributed by atoms with Crippen LogP contribution in [0.2, 0.25) is 0 Å². The molecular weight excluding hydrogens is 256 g/mol. The fraction of sp³-hybridized carbons (Fsp3) is 0.684. The molecule has 0 radical (unpaired) electrons. The Kier molecular flexibility index (Phi) is 6.25. The molecule has 0 bridgehead atoms. The molecule has 1 aromatic rings. The van der Waals surface area contributed by atoms with E-state index < -0.39 is 0 Å². The summed E-state index contributed by atoms with van der Waals surface area (Å²) in [6, 6.07) is 9.71. The van der Waals surface area contributed by atoms with Crippen molar-refractivity contribution in [2.45, 2.75) is 59.7 Å². The van der Waals surface area contributed by atoms with Gasteiger partial charge in [0.05, 0.1) is 0 Å². The Morgan fingerprint density at radius 1 is 1.14 bits per heavy atom. The first-order valence-electron chi connectivity index (χ1n) is 8.57. The van der Waals surface area contributed by atoms with Crippen LogP contribution in [-0.4, -0.2) is 24.0 Å². The van der Waals surface area contributed by atoms with Crippen LogP contribution in [0.1, 0.15) is 51.7 Å². The van der Waals surface area contributed by atoms with Gasteiger partial charge in [0.2, 0.25) is 0 Å². The predicted octanol–water partition coefficient (Wildman–Crippen LogP) is 4.05. The van der Waals surface area contributed by atoms with Gasteiger partial charge < -0.3 is 5.32 Å². The summed E-state index contributed by atoms with van der Waals surface area (Å²) in [6.07, 6.45) is 2.87. The second kappa shape index (κ2) is 7.95. The molecule has 1 saturated carbocycles. The van der Waals surface area contributed by atoms with Crippen molar-refractivity contribution in [3.63, 3.8) is 0 Å². The van der Waals surface area contributed by atoms with Gasteiger partial charge in [0.1, 0.15) is 0 Å². The van der Waals surface area contributed by atoms with Crippen LogP contribution >= 0.6 is 0 Å². The predicted molar refractivity (Wildman–Crippen MR) is 91.3 cm³/mol. The van der Waals surface area contributed by atoms with Crippen molar-refractivity contribution < 1.29 is 0 Å². The van der Waals surface area contributed by atoms with Crippen LogP contribution in [-0.2, 0) is 13.1 Å². The molecule has 1 aromatic carbocycles. The molecule has 0 aromatic heterocycles. The monoisotopic (exact) mass is 288 g/mol. The lowest BCUT2D eigenvalue weighted by Crippen LogP contribution is -2.32. The van der Waals surface area contributed by atoms with Gasteiger partial charge in [0.25, 0.3) is 0 Å². The largest absolute Gasteiger partial charge is 0.312 e. The Hall–Kier alpha value is -0.860. The number of rotatable bonds is 9. The third kappa shape index (κ3) is 6.19. The number of nitrogens with zero attached hydrogens (tertiary/aromatic N) is 1. The molecule has 2 heteroatoms. The van der Waals surface area contributed by atoms with Crippen molar-refractivity contribution in [2.24, 2.45) is 11.8 Å². The third-order valence-corrected chi connectivity index (χ3v) is 4.18. The summed E-state index contributed by atoms with van der Waals surface area (Å²) in [5, 5.41) is 3.53. The van der Waals surface area contributed by atoms with E-state index in [1.54, 1.807) is 0 Å². The van der Waals surface area contributed by atoms with Crippen LogP contribution < -0.4 is 5.32 Å². The lowest BCUT2D eigenvalue weighted by molar-refractivity contribution is 0.204. The second-order valence-corrected chi connectivity index (χ2v) is 7.31. The highest BCUT2D eigenvalue weighted by Crippen LogP contribution is 2.30. The summed E-state index contributed by atoms with van der Waals surface area (Å²) in [6.45, 7) is 13.6.